The Balaban J connectivity index is 1.78. The van der Waals surface area contributed by atoms with Crippen LogP contribution >= 0.6 is 0 Å². The summed E-state index contributed by atoms with van der Waals surface area (Å²) in [5.41, 5.74) is 6.00. The van der Waals surface area contributed by atoms with Gasteiger partial charge in [-0.05, 0) is 48.2 Å². The third kappa shape index (κ3) is 4.61. The molecule has 2 aromatic carbocycles. The van der Waals surface area contributed by atoms with Crippen LogP contribution in [-0.2, 0) is 11.2 Å². The highest BCUT2D eigenvalue weighted by Gasteiger charge is 2.16. The molecule has 0 atom stereocenters. The number of rotatable bonds is 8. The minimum Gasteiger partial charge on any atom is -0.497 e. The van der Waals surface area contributed by atoms with Crippen LogP contribution in [0.1, 0.15) is 25.5 Å². The second-order valence-corrected chi connectivity index (χ2v) is 7.50. The highest BCUT2D eigenvalue weighted by Crippen LogP contribution is 2.30. The van der Waals surface area contributed by atoms with Gasteiger partial charge in [0.2, 0.25) is 5.91 Å². The molecule has 0 saturated carbocycles. The van der Waals surface area contributed by atoms with E-state index >= 15 is 0 Å². The number of carbonyl (C=O) groups excluding carboxylic acids is 1. The van der Waals surface area contributed by atoms with E-state index in [-0.39, 0.29) is 5.91 Å². The first-order valence-electron chi connectivity index (χ1n) is 10.7. The van der Waals surface area contributed by atoms with Crippen molar-refractivity contribution in [1.29, 1.82) is 0 Å². The molecular formula is C26H27N3O2. The van der Waals surface area contributed by atoms with E-state index in [0.717, 1.165) is 45.9 Å². The quantitative estimate of drug-likeness (QED) is 0.435. The third-order valence-electron chi connectivity index (χ3n) is 5.33. The van der Waals surface area contributed by atoms with Crippen LogP contribution < -0.4 is 10.1 Å². The molecule has 4 rings (SSSR count). The van der Waals surface area contributed by atoms with Gasteiger partial charge in [-0.15, -0.1) is 0 Å². The molecule has 1 N–H and O–H groups in total. The first kappa shape index (κ1) is 20.7. The van der Waals surface area contributed by atoms with Gasteiger partial charge in [-0.2, -0.15) is 0 Å². The molecule has 0 spiro atoms. The Kier molecular flexibility index (Phi) is 6.32. The maximum atomic E-state index is 12.3. The number of nitrogens with zero attached hydrogens (tertiary/aromatic N) is 2. The number of benzene rings is 2. The number of nitrogens with one attached hydrogen (secondary N) is 1. The van der Waals surface area contributed by atoms with E-state index in [1.807, 2.05) is 48.5 Å². The van der Waals surface area contributed by atoms with Gasteiger partial charge in [0, 0.05) is 24.7 Å². The zero-order chi connectivity index (χ0) is 21.6. The molecule has 2 aromatic heterocycles. The molecule has 5 nitrogen and oxygen atoms in total. The molecule has 0 saturated heterocycles. The average Bonchev–Trinajstić information content (AvgIpc) is 3.19. The van der Waals surface area contributed by atoms with Crippen LogP contribution in [0.5, 0.6) is 5.75 Å². The Labute approximate surface area is 182 Å². The molecule has 158 valence electrons. The minimum absolute atomic E-state index is 0.0626. The molecule has 0 fully saturated rings. The normalized spacial score (nSPS) is 10.9. The molecule has 0 unspecified atom stereocenters. The van der Waals surface area contributed by atoms with Gasteiger partial charge in [0.05, 0.1) is 18.5 Å². The smallest absolute Gasteiger partial charge is 0.220 e. The number of imidazole rings is 1. The summed E-state index contributed by atoms with van der Waals surface area (Å²) >= 11 is 0. The van der Waals surface area contributed by atoms with Crippen LogP contribution in [-0.4, -0.2) is 28.9 Å². The Morgan fingerprint density at radius 2 is 1.81 bits per heavy atom. The number of fused-ring (bicyclic) bond motifs is 1. The lowest BCUT2D eigenvalue weighted by molar-refractivity contribution is -0.121. The SMILES string of the molecule is CCCNC(=O)CCc1c(-c2cccc(OC)c2)nc2ccc(-c3ccccc3)cn12. The molecule has 4 aromatic rings. The molecule has 2 heterocycles. The van der Waals surface area contributed by atoms with Crippen LogP contribution in [0.2, 0.25) is 0 Å². The number of aryl methyl sites for hydroxylation is 1. The fourth-order valence-electron chi connectivity index (χ4n) is 3.72. The summed E-state index contributed by atoms with van der Waals surface area (Å²) in [4.78, 5) is 17.2. The number of amides is 1. The average molecular weight is 414 g/mol. The second kappa shape index (κ2) is 9.47. The van der Waals surface area contributed by atoms with Crippen molar-refractivity contribution in [3.05, 3.63) is 78.6 Å². The van der Waals surface area contributed by atoms with Crippen molar-refractivity contribution < 1.29 is 9.53 Å². The van der Waals surface area contributed by atoms with Crippen molar-refractivity contribution >= 4 is 11.6 Å². The van der Waals surface area contributed by atoms with Gasteiger partial charge < -0.3 is 14.5 Å². The third-order valence-corrected chi connectivity index (χ3v) is 5.33. The van der Waals surface area contributed by atoms with E-state index in [1.165, 1.54) is 0 Å². The van der Waals surface area contributed by atoms with Crippen molar-refractivity contribution in [2.75, 3.05) is 13.7 Å². The lowest BCUT2D eigenvalue weighted by Gasteiger charge is -2.09. The van der Waals surface area contributed by atoms with Crippen molar-refractivity contribution in [2.45, 2.75) is 26.2 Å². The predicted octanol–water partition coefficient (Wildman–Crippen LogP) is 5.14. The number of aromatic nitrogens is 2. The minimum atomic E-state index is 0.0626. The van der Waals surface area contributed by atoms with Crippen LogP contribution in [0.4, 0.5) is 0 Å². The summed E-state index contributed by atoms with van der Waals surface area (Å²) in [6.45, 7) is 2.75. The predicted molar refractivity (Wildman–Crippen MR) is 124 cm³/mol. The fourth-order valence-corrected chi connectivity index (χ4v) is 3.72. The monoisotopic (exact) mass is 413 g/mol. The van der Waals surface area contributed by atoms with Crippen LogP contribution in [0.15, 0.2) is 72.9 Å². The molecule has 0 aliphatic rings. The number of pyridine rings is 1. The first-order chi connectivity index (χ1) is 15.2. The molecule has 31 heavy (non-hydrogen) atoms. The number of methoxy groups -OCH3 is 1. The Bertz CT molecular complexity index is 1180. The summed E-state index contributed by atoms with van der Waals surface area (Å²) in [5.74, 6) is 0.846. The second-order valence-electron chi connectivity index (χ2n) is 7.50. The van der Waals surface area contributed by atoms with Gasteiger partial charge in [0.25, 0.3) is 0 Å². The van der Waals surface area contributed by atoms with Crippen LogP contribution in [0.3, 0.4) is 0 Å². The standard InChI is InChI=1S/C26H27N3O2/c1-3-16-27-25(30)15-13-23-26(20-10-7-11-22(17-20)31-2)28-24-14-12-21(18-29(23)24)19-8-5-4-6-9-19/h4-12,14,17-18H,3,13,15-16H2,1-2H3,(H,27,30). The van der Waals surface area contributed by atoms with Gasteiger partial charge in [-0.3, -0.25) is 4.79 Å². The van der Waals surface area contributed by atoms with Crippen molar-refractivity contribution in [2.24, 2.45) is 0 Å². The number of hydrogen-bond acceptors (Lipinski definition) is 3. The van der Waals surface area contributed by atoms with Gasteiger partial charge in [0.15, 0.2) is 0 Å². The Morgan fingerprint density at radius 1 is 1.00 bits per heavy atom. The molecule has 1 amide bonds. The highest BCUT2D eigenvalue weighted by atomic mass is 16.5. The van der Waals surface area contributed by atoms with Gasteiger partial charge in [-0.25, -0.2) is 4.98 Å². The topological polar surface area (TPSA) is 55.6 Å². The van der Waals surface area contributed by atoms with E-state index in [9.17, 15) is 4.79 Å². The zero-order valence-corrected chi connectivity index (χ0v) is 18.0. The number of carbonyl (C=O) groups is 1. The van der Waals surface area contributed by atoms with E-state index in [0.29, 0.717) is 19.4 Å². The summed E-state index contributed by atoms with van der Waals surface area (Å²) in [5, 5.41) is 2.97. The number of hydrogen-bond donors (Lipinski definition) is 1. The molecule has 0 aliphatic heterocycles. The summed E-state index contributed by atoms with van der Waals surface area (Å²) < 4.78 is 7.53. The molecule has 5 heteroatoms. The van der Waals surface area contributed by atoms with Crippen LogP contribution in [0, 0.1) is 0 Å². The van der Waals surface area contributed by atoms with E-state index < -0.39 is 0 Å². The van der Waals surface area contributed by atoms with Crippen molar-refractivity contribution in [3.8, 4) is 28.1 Å². The van der Waals surface area contributed by atoms with Crippen molar-refractivity contribution in [1.82, 2.24) is 14.7 Å². The maximum Gasteiger partial charge on any atom is 0.220 e. The number of ether oxygens (including phenoxy) is 1. The van der Waals surface area contributed by atoms with Gasteiger partial charge in [-0.1, -0.05) is 49.4 Å². The zero-order valence-electron chi connectivity index (χ0n) is 18.0. The lowest BCUT2D eigenvalue weighted by atomic mass is 10.1. The summed E-state index contributed by atoms with van der Waals surface area (Å²) in [7, 11) is 1.66. The highest BCUT2D eigenvalue weighted by molar-refractivity contribution is 5.77. The van der Waals surface area contributed by atoms with Gasteiger partial charge in [0.1, 0.15) is 11.4 Å². The van der Waals surface area contributed by atoms with E-state index in [2.05, 4.69) is 41.0 Å². The fraction of sp³-hybridized carbons (Fsp3) is 0.231. The first-order valence-corrected chi connectivity index (χ1v) is 10.7. The summed E-state index contributed by atoms with van der Waals surface area (Å²) in [6, 6.07) is 22.3. The van der Waals surface area contributed by atoms with Crippen LogP contribution in [0.25, 0.3) is 28.0 Å². The maximum absolute atomic E-state index is 12.3. The Hall–Kier alpha value is -3.60. The molecular weight excluding hydrogens is 386 g/mol. The van der Waals surface area contributed by atoms with E-state index in [1.54, 1.807) is 7.11 Å². The van der Waals surface area contributed by atoms with Crippen molar-refractivity contribution in [3.63, 3.8) is 0 Å². The Morgan fingerprint density at radius 3 is 2.58 bits per heavy atom. The van der Waals surface area contributed by atoms with E-state index in [4.69, 9.17) is 9.72 Å². The molecule has 0 aliphatic carbocycles. The molecule has 0 bridgehead atoms. The summed E-state index contributed by atoms with van der Waals surface area (Å²) in [6.07, 6.45) is 4.05. The lowest BCUT2D eigenvalue weighted by Crippen LogP contribution is -2.24. The molecule has 0 radical (unpaired) electrons. The van der Waals surface area contributed by atoms with Gasteiger partial charge >= 0.3 is 0 Å². The largest absolute Gasteiger partial charge is 0.497 e.